The van der Waals surface area contributed by atoms with E-state index >= 15 is 0 Å². The Kier molecular flexibility index (Phi) is 5.29. The fourth-order valence-electron chi connectivity index (χ4n) is 2.23. The summed E-state index contributed by atoms with van der Waals surface area (Å²) in [6.07, 6.45) is 3.67. The van der Waals surface area contributed by atoms with Crippen LogP contribution in [0.1, 0.15) is 35.9 Å². The van der Waals surface area contributed by atoms with E-state index in [1.165, 1.54) is 0 Å². The second-order valence-electron chi connectivity index (χ2n) is 5.86. The molecule has 1 aromatic carbocycles. The summed E-state index contributed by atoms with van der Waals surface area (Å²) in [4.78, 5) is 17.8. The van der Waals surface area contributed by atoms with Gasteiger partial charge in [-0.1, -0.05) is 25.6 Å². The third kappa shape index (κ3) is 3.96. The van der Waals surface area contributed by atoms with Crippen molar-refractivity contribution in [1.82, 2.24) is 19.7 Å². The number of hydrogen-bond acceptors (Lipinski definition) is 4. The lowest BCUT2D eigenvalue weighted by atomic mass is 10.1. The van der Waals surface area contributed by atoms with Gasteiger partial charge in [0, 0.05) is 30.0 Å². The number of benzene rings is 1. The van der Waals surface area contributed by atoms with Gasteiger partial charge in [0.05, 0.1) is 10.2 Å². The highest BCUT2D eigenvalue weighted by Crippen LogP contribution is 2.28. The van der Waals surface area contributed by atoms with Crippen LogP contribution in [-0.2, 0) is 7.05 Å². The molecule has 0 aliphatic rings. The average Bonchev–Trinajstić information content (AvgIpc) is 3.15. The molecule has 0 atom stereocenters. The summed E-state index contributed by atoms with van der Waals surface area (Å²) < 4.78 is 2.67. The molecule has 0 fully saturated rings. The minimum absolute atomic E-state index is 0.250. The second kappa shape index (κ2) is 7.45. The number of halogens is 1. The lowest BCUT2D eigenvalue weighted by Gasteiger charge is -2.06. The van der Waals surface area contributed by atoms with Crippen LogP contribution in [0.3, 0.4) is 0 Å². The van der Waals surface area contributed by atoms with Gasteiger partial charge in [-0.25, -0.2) is 4.98 Å². The van der Waals surface area contributed by atoms with E-state index in [2.05, 4.69) is 36.4 Å². The highest BCUT2D eigenvalue weighted by molar-refractivity contribution is 9.10. The van der Waals surface area contributed by atoms with Gasteiger partial charge in [0.1, 0.15) is 0 Å². The van der Waals surface area contributed by atoms with Gasteiger partial charge in [0.25, 0.3) is 5.91 Å². The van der Waals surface area contributed by atoms with E-state index in [4.69, 9.17) is 0 Å². The molecular weight excluding hydrogens is 402 g/mol. The van der Waals surface area contributed by atoms with E-state index in [-0.39, 0.29) is 11.8 Å². The molecule has 6 nitrogen and oxygen atoms in total. The SMILES string of the molecule is CC(C)c1[nH]nc(C(=O)Nc2ccc(Sc3nccn3C)cc2)c1Br. The summed E-state index contributed by atoms with van der Waals surface area (Å²) in [5, 5.41) is 10.8. The number of nitrogens with one attached hydrogen (secondary N) is 2. The summed E-state index contributed by atoms with van der Waals surface area (Å²) in [7, 11) is 1.96. The van der Waals surface area contributed by atoms with Crippen LogP contribution >= 0.6 is 27.7 Å². The van der Waals surface area contributed by atoms with Crippen LogP contribution < -0.4 is 5.32 Å². The Hall–Kier alpha value is -2.06. The average molecular weight is 420 g/mol. The molecule has 1 amide bonds. The maximum Gasteiger partial charge on any atom is 0.277 e. The number of carbonyl (C=O) groups is 1. The summed E-state index contributed by atoms with van der Waals surface area (Å²) in [5.41, 5.74) is 1.98. The van der Waals surface area contributed by atoms with E-state index in [1.807, 2.05) is 55.9 Å². The molecular formula is C17H18BrN5OS. The fourth-order valence-corrected chi connectivity index (χ4v) is 3.84. The second-order valence-corrected chi connectivity index (χ2v) is 7.69. The first-order chi connectivity index (χ1) is 12.0. The normalized spacial score (nSPS) is 11.1. The zero-order chi connectivity index (χ0) is 18.0. The van der Waals surface area contributed by atoms with Crippen LogP contribution in [0.25, 0.3) is 0 Å². The first-order valence-electron chi connectivity index (χ1n) is 7.76. The highest BCUT2D eigenvalue weighted by Gasteiger charge is 2.19. The quantitative estimate of drug-likeness (QED) is 0.640. The third-order valence-corrected chi connectivity index (χ3v) is 5.51. The molecule has 3 aromatic rings. The van der Waals surface area contributed by atoms with Gasteiger partial charge in [-0.2, -0.15) is 5.10 Å². The van der Waals surface area contributed by atoms with Crippen LogP contribution in [0.5, 0.6) is 0 Å². The maximum absolute atomic E-state index is 12.4. The summed E-state index contributed by atoms with van der Waals surface area (Å²) in [5.74, 6) is 0.00499. The van der Waals surface area contributed by atoms with Gasteiger partial charge >= 0.3 is 0 Å². The van der Waals surface area contributed by atoms with Gasteiger partial charge in [-0.05, 0) is 46.1 Å². The molecule has 0 saturated heterocycles. The fraction of sp³-hybridized carbons (Fsp3) is 0.235. The summed E-state index contributed by atoms with van der Waals surface area (Å²) >= 11 is 5.02. The van der Waals surface area contributed by atoms with Crippen LogP contribution in [0, 0.1) is 0 Å². The molecule has 130 valence electrons. The lowest BCUT2D eigenvalue weighted by Crippen LogP contribution is -2.13. The lowest BCUT2D eigenvalue weighted by molar-refractivity contribution is 0.102. The number of anilines is 1. The van der Waals surface area contributed by atoms with Crippen molar-refractivity contribution in [3.05, 3.63) is 52.5 Å². The molecule has 0 spiro atoms. The number of aromatic amines is 1. The molecule has 0 bridgehead atoms. The van der Waals surface area contributed by atoms with Crippen molar-refractivity contribution in [3.8, 4) is 0 Å². The first kappa shape index (κ1) is 17.8. The smallest absolute Gasteiger partial charge is 0.277 e. The number of H-pyrrole nitrogens is 1. The van der Waals surface area contributed by atoms with Gasteiger partial charge in [0.15, 0.2) is 10.9 Å². The monoisotopic (exact) mass is 419 g/mol. The molecule has 0 unspecified atom stereocenters. The maximum atomic E-state index is 12.4. The van der Waals surface area contributed by atoms with Crippen LogP contribution in [-0.4, -0.2) is 25.7 Å². The number of aromatic nitrogens is 4. The number of nitrogens with zero attached hydrogens (tertiary/aromatic N) is 3. The minimum Gasteiger partial charge on any atom is -0.329 e. The van der Waals surface area contributed by atoms with Crippen LogP contribution in [0.15, 0.2) is 51.2 Å². The number of carbonyl (C=O) groups excluding carboxylic acids is 1. The minimum atomic E-state index is -0.250. The Morgan fingerprint density at radius 3 is 2.60 bits per heavy atom. The van der Waals surface area contributed by atoms with E-state index in [1.54, 1.807) is 18.0 Å². The van der Waals surface area contributed by atoms with Gasteiger partial charge < -0.3 is 9.88 Å². The third-order valence-electron chi connectivity index (χ3n) is 3.62. The highest BCUT2D eigenvalue weighted by atomic mass is 79.9. The summed E-state index contributed by atoms with van der Waals surface area (Å²) in [6, 6.07) is 7.64. The number of hydrogen-bond donors (Lipinski definition) is 2. The number of rotatable bonds is 5. The van der Waals surface area contributed by atoms with E-state index in [0.29, 0.717) is 10.2 Å². The van der Waals surface area contributed by atoms with Gasteiger partial charge in [-0.15, -0.1) is 0 Å². The molecule has 0 aliphatic heterocycles. The van der Waals surface area contributed by atoms with Crippen molar-refractivity contribution in [1.29, 1.82) is 0 Å². The van der Waals surface area contributed by atoms with Crippen molar-refractivity contribution >= 4 is 39.3 Å². The van der Waals surface area contributed by atoms with E-state index in [0.717, 1.165) is 21.4 Å². The Morgan fingerprint density at radius 2 is 2.04 bits per heavy atom. The standard InChI is InChI=1S/C17H18BrN5OS/c1-10(2)14-13(18)15(22-21-14)16(24)20-11-4-6-12(7-5-11)25-17-19-8-9-23(17)3/h4-10H,1-3H3,(H,20,24)(H,21,22). The molecule has 2 N–H and O–H groups in total. The van der Waals surface area contributed by atoms with Crippen molar-refractivity contribution in [2.75, 3.05) is 5.32 Å². The molecule has 0 saturated carbocycles. The Bertz CT molecular complexity index is 885. The Balaban J connectivity index is 1.69. The van der Waals surface area contributed by atoms with Gasteiger partial charge in [0.2, 0.25) is 0 Å². The van der Waals surface area contributed by atoms with Crippen molar-refractivity contribution < 1.29 is 4.79 Å². The van der Waals surface area contributed by atoms with Gasteiger partial charge in [-0.3, -0.25) is 9.89 Å². The van der Waals surface area contributed by atoms with Crippen molar-refractivity contribution in [2.24, 2.45) is 7.05 Å². The number of imidazole rings is 1. The molecule has 0 radical (unpaired) electrons. The molecule has 25 heavy (non-hydrogen) atoms. The molecule has 2 heterocycles. The van der Waals surface area contributed by atoms with Crippen LogP contribution in [0.2, 0.25) is 0 Å². The van der Waals surface area contributed by atoms with E-state index < -0.39 is 0 Å². The zero-order valence-electron chi connectivity index (χ0n) is 14.1. The van der Waals surface area contributed by atoms with Crippen LogP contribution in [0.4, 0.5) is 5.69 Å². The largest absolute Gasteiger partial charge is 0.329 e. The predicted molar refractivity (Wildman–Crippen MR) is 102 cm³/mol. The first-order valence-corrected chi connectivity index (χ1v) is 9.37. The molecule has 3 rings (SSSR count). The summed E-state index contributed by atoms with van der Waals surface area (Å²) in [6.45, 7) is 4.08. The number of aryl methyl sites for hydroxylation is 1. The topological polar surface area (TPSA) is 75.6 Å². The van der Waals surface area contributed by atoms with Crippen molar-refractivity contribution in [3.63, 3.8) is 0 Å². The Labute approximate surface area is 158 Å². The number of amides is 1. The van der Waals surface area contributed by atoms with E-state index in [9.17, 15) is 4.79 Å². The van der Waals surface area contributed by atoms with Crippen molar-refractivity contribution in [2.45, 2.75) is 29.8 Å². The Morgan fingerprint density at radius 1 is 1.32 bits per heavy atom. The molecule has 8 heteroatoms. The molecule has 0 aliphatic carbocycles. The molecule has 2 aromatic heterocycles. The predicted octanol–water partition coefficient (Wildman–Crippen LogP) is 4.43. The zero-order valence-corrected chi connectivity index (χ0v) is 16.5.